The van der Waals surface area contributed by atoms with Gasteiger partial charge in [-0.05, 0) is 30.4 Å². The molecule has 0 bridgehead atoms. The van der Waals surface area contributed by atoms with Crippen LogP contribution in [0, 0.1) is 11.8 Å². The number of carbonyl (C=O) groups excluding carboxylic acids is 1. The summed E-state index contributed by atoms with van der Waals surface area (Å²) in [7, 11) is 0. The van der Waals surface area contributed by atoms with Crippen LogP contribution in [0.2, 0.25) is 0 Å². The molecule has 0 saturated heterocycles. The number of halogens is 3. The Balaban J connectivity index is 2.07. The first kappa shape index (κ1) is 13.1. The molecule has 1 fully saturated rings. The van der Waals surface area contributed by atoms with E-state index in [1.54, 1.807) is 6.07 Å². The molecule has 1 aromatic carbocycles. The van der Waals surface area contributed by atoms with Gasteiger partial charge in [0.25, 0.3) is 0 Å². The summed E-state index contributed by atoms with van der Waals surface area (Å²) < 4.78 is 37.6. The van der Waals surface area contributed by atoms with E-state index in [0.29, 0.717) is 11.5 Å². The van der Waals surface area contributed by atoms with Gasteiger partial charge in [-0.1, -0.05) is 25.1 Å². The summed E-state index contributed by atoms with van der Waals surface area (Å²) in [6, 6.07) is 5.02. The third-order valence-electron chi connectivity index (χ3n) is 3.47. The van der Waals surface area contributed by atoms with E-state index in [4.69, 9.17) is 0 Å². The maximum absolute atomic E-state index is 12.5. The molecule has 98 valence electrons. The average Bonchev–Trinajstić information content (AvgIpc) is 3.11. The van der Waals surface area contributed by atoms with Crippen molar-refractivity contribution in [2.75, 3.05) is 0 Å². The van der Waals surface area contributed by atoms with Crippen LogP contribution in [0.4, 0.5) is 13.2 Å². The minimum absolute atomic E-state index is 0.0282. The molecule has 1 aliphatic rings. The lowest BCUT2D eigenvalue weighted by Crippen LogP contribution is -2.16. The summed E-state index contributed by atoms with van der Waals surface area (Å²) in [4.78, 5) is 11.9. The number of rotatable bonds is 4. The Kier molecular flexibility index (Phi) is 3.46. The second-order valence-electron chi connectivity index (χ2n) is 4.97. The highest BCUT2D eigenvalue weighted by Gasteiger charge is 2.33. The Morgan fingerprint density at radius 3 is 2.61 bits per heavy atom. The molecule has 0 spiro atoms. The van der Waals surface area contributed by atoms with Crippen molar-refractivity contribution in [1.82, 2.24) is 0 Å². The molecular formula is C14H15F3O. The standard InChI is InChI=1S/C14H15F3O/c1-9(11-5-6-11)13(18)8-10-3-2-4-12(7-10)14(15,16)17/h2-4,7,9,11H,5-6,8H2,1H3. The molecule has 0 aliphatic heterocycles. The summed E-state index contributed by atoms with van der Waals surface area (Å²) in [5.41, 5.74) is -0.241. The Morgan fingerprint density at radius 1 is 1.39 bits per heavy atom. The molecule has 2 rings (SSSR count). The Morgan fingerprint density at radius 2 is 2.06 bits per heavy atom. The number of benzene rings is 1. The van der Waals surface area contributed by atoms with Crippen LogP contribution in [0.15, 0.2) is 24.3 Å². The minimum atomic E-state index is -4.35. The molecule has 1 atom stereocenters. The monoisotopic (exact) mass is 256 g/mol. The van der Waals surface area contributed by atoms with Gasteiger partial charge in [0.15, 0.2) is 0 Å². The molecule has 0 amide bonds. The van der Waals surface area contributed by atoms with Gasteiger partial charge in [0.05, 0.1) is 5.56 Å². The maximum atomic E-state index is 12.5. The van der Waals surface area contributed by atoms with Crippen LogP contribution in [-0.2, 0) is 17.4 Å². The van der Waals surface area contributed by atoms with Crippen LogP contribution < -0.4 is 0 Å². The lowest BCUT2D eigenvalue weighted by Gasteiger charge is -2.11. The van der Waals surface area contributed by atoms with Crippen molar-refractivity contribution in [3.8, 4) is 0 Å². The summed E-state index contributed by atoms with van der Waals surface area (Å²) in [6.07, 6.45) is -2.12. The summed E-state index contributed by atoms with van der Waals surface area (Å²) in [5, 5.41) is 0. The fourth-order valence-corrected chi connectivity index (χ4v) is 2.08. The SMILES string of the molecule is CC(C(=O)Cc1cccc(C(F)(F)F)c1)C1CC1. The first-order valence-electron chi connectivity index (χ1n) is 6.07. The van der Waals surface area contributed by atoms with Gasteiger partial charge < -0.3 is 0 Å². The average molecular weight is 256 g/mol. The number of alkyl halides is 3. The van der Waals surface area contributed by atoms with Gasteiger partial charge in [-0.2, -0.15) is 13.2 Å². The molecule has 4 heteroatoms. The van der Waals surface area contributed by atoms with Crippen molar-refractivity contribution in [2.45, 2.75) is 32.4 Å². The van der Waals surface area contributed by atoms with E-state index in [0.717, 1.165) is 25.0 Å². The number of hydrogen-bond donors (Lipinski definition) is 0. The molecule has 0 radical (unpaired) electrons. The molecule has 1 unspecified atom stereocenters. The van der Waals surface area contributed by atoms with E-state index < -0.39 is 11.7 Å². The van der Waals surface area contributed by atoms with Crippen molar-refractivity contribution in [3.63, 3.8) is 0 Å². The summed E-state index contributed by atoms with van der Waals surface area (Å²) in [6.45, 7) is 1.87. The predicted octanol–water partition coefficient (Wildman–Crippen LogP) is 3.86. The minimum Gasteiger partial charge on any atom is -0.299 e. The zero-order valence-corrected chi connectivity index (χ0v) is 10.1. The fourth-order valence-electron chi connectivity index (χ4n) is 2.08. The van der Waals surface area contributed by atoms with Gasteiger partial charge in [-0.15, -0.1) is 0 Å². The van der Waals surface area contributed by atoms with Gasteiger partial charge in [-0.25, -0.2) is 0 Å². The van der Waals surface area contributed by atoms with Crippen LogP contribution in [-0.4, -0.2) is 5.78 Å². The molecule has 0 heterocycles. The number of carbonyl (C=O) groups is 1. The van der Waals surface area contributed by atoms with Crippen LogP contribution in [0.1, 0.15) is 30.9 Å². The van der Waals surface area contributed by atoms with Crippen molar-refractivity contribution in [3.05, 3.63) is 35.4 Å². The Labute approximate surface area is 104 Å². The molecule has 1 nitrogen and oxygen atoms in total. The number of ketones is 1. The quantitative estimate of drug-likeness (QED) is 0.799. The van der Waals surface area contributed by atoms with E-state index in [2.05, 4.69) is 0 Å². The smallest absolute Gasteiger partial charge is 0.299 e. The second kappa shape index (κ2) is 4.75. The summed E-state index contributed by atoms with van der Waals surface area (Å²) in [5.74, 6) is 0.458. The molecule has 1 aromatic rings. The topological polar surface area (TPSA) is 17.1 Å². The van der Waals surface area contributed by atoms with Crippen molar-refractivity contribution in [2.24, 2.45) is 11.8 Å². The molecule has 18 heavy (non-hydrogen) atoms. The highest BCUT2D eigenvalue weighted by molar-refractivity contribution is 5.83. The first-order valence-corrected chi connectivity index (χ1v) is 6.07. The first-order chi connectivity index (χ1) is 8.38. The lowest BCUT2D eigenvalue weighted by atomic mass is 9.95. The Bertz CT molecular complexity index is 447. The van der Waals surface area contributed by atoms with Gasteiger partial charge in [0.1, 0.15) is 5.78 Å². The molecule has 0 N–H and O–H groups in total. The van der Waals surface area contributed by atoms with Crippen molar-refractivity contribution in [1.29, 1.82) is 0 Å². The lowest BCUT2D eigenvalue weighted by molar-refractivity contribution is -0.137. The van der Waals surface area contributed by atoms with E-state index in [-0.39, 0.29) is 18.1 Å². The fraction of sp³-hybridized carbons (Fsp3) is 0.500. The largest absolute Gasteiger partial charge is 0.416 e. The van der Waals surface area contributed by atoms with E-state index in [1.165, 1.54) is 6.07 Å². The van der Waals surface area contributed by atoms with E-state index >= 15 is 0 Å². The van der Waals surface area contributed by atoms with E-state index in [1.807, 2.05) is 6.92 Å². The van der Waals surface area contributed by atoms with Crippen molar-refractivity contribution < 1.29 is 18.0 Å². The maximum Gasteiger partial charge on any atom is 0.416 e. The van der Waals surface area contributed by atoms with Gasteiger partial charge in [0.2, 0.25) is 0 Å². The van der Waals surface area contributed by atoms with Gasteiger partial charge in [0, 0.05) is 12.3 Å². The van der Waals surface area contributed by atoms with Crippen LogP contribution in [0.25, 0.3) is 0 Å². The third kappa shape index (κ3) is 3.12. The molecule has 1 saturated carbocycles. The highest BCUT2D eigenvalue weighted by Crippen LogP contribution is 2.37. The zero-order valence-electron chi connectivity index (χ0n) is 10.1. The highest BCUT2D eigenvalue weighted by atomic mass is 19.4. The Hall–Kier alpha value is -1.32. The number of Topliss-reactive ketones (excluding diaryl/α,β-unsaturated/α-hetero) is 1. The second-order valence-corrected chi connectivity index (χ2v) is 4.97. The van der Waals surface area contributed by atoms with Gasteiger partial charge in [-0.3, -0.25) is 4.79 Å². The third-order valence-corrected chi connectivity index (χ3v) is 3.47. The molecular weight excluding hydrogens is 241 g/mol. The summed E-state index contributed by atoms with van der Waals surface area (Å²) >= 11 is 0. The molecule has 0 aromatic heterocycles. The van der Waals surface area contributed by atoms with Crippen LogP contribution >= 0.6 is 0 Å². The van der Waals surface area contributed by atoms with Crippen LogP contribution in [0.3, 0.4) is 0 Å². The van der Waals surface area contributed by atoms with Crippen LogP contribution in [0.5, 0.6) is 0 Å². The van der Waals surface area contributed by atoms with Gasteiger partial charge >= 0.3 is 6.18 Å². The predicted molar refractivity (Wildman–Crippen MR) is 62.0 cm³/mol. The van der Waals surface area contributed by atoms with E-state index in [9.17, 15) is 18.0 Å². The normalized spacial score (nSPS) is 17.6. The van der Waals surface area contributed by atoms with Crippen molar-refractivity contribution >= 4 is 5.78 Å². The zero-order chi connectivity index (χ0) is 13.3. The molecule has 1 aliphatic carbocycles. The number of hydrogen-bond acceptors (Lipinski definition) is 1.